The van der Waals surface area contributed by atoms with Gasteiger partial charge in [-0.2, -0.15) is 0 Å². The molecule has 1 aromatic carbocycles. The Morgan fingerprint density at radius 2 is 2.12 bits per heavy atom. The van der Waals surface area contributed by atoms with E-state index in [9.17, 15) is 4.79 Å². The van der Waals surface area contributed by atoms with Crippen molar-refractivity contribution in [1.29, 1.82) is 0 Å². The van der Waals surface area contributed by atoms with Crippen molar-refractivity contribution in [3.05, 3.63) is 64.4 Å². The maximum atomic E-state index is 12.2. The molecule has 0 saturated carbocycles. The zero-order chi connectivity index (χ0) is 17.2. The lowest BCUT2D eigenvalue weighted by atomic mass is 10.1. The zero-order valence-electron chi connectivity index (χ0n) is 13.5. The van der Waals surface area contributed by atoms with Crippen molar-refractivity contribution in [1.82, 2.24) is 9.97 Å². The summed E-state index contributed by atoms with van der Waals surface area (Å²) in [5.74, 6) is 1.28. The zero-order valence-corrected chi connectivity index (χ0v) is 14.3. The van der Waals surface area contributed by atoms with Gasteiger partial charge in [0.2, 0.25) is 6.79 Å². The molecule has 1 N–H and O–H groups in total. The number of pyridine rings is 1. The monoisotopic (exact) mass is 353 g/mol. The van der Waals surface area contributed by atoms with E-state index in [1.54, 1.807) is 24.4 Å². The lowest BCUT2D eigenvalue weighted by molar-refractivity contribution is 0.102. The molecular formula is C18H15N3O3S. The van der Waals surface area contributed by atoms with Gasteiger partial charge in [-0.25, -0.2) is 4.98 Å². The molecule has 0 atom stereocenters. The fraction of sp³-hybridized carbons (Fsp3) is 0.167. The maximum absolute atomic E-state index is 12.2. The number of carbonyl (C=O) groups is 1. The van der Waals surface area contributed by atoms with Gasteiger partial charge in [-0.05, 0) is 36.8 Å². The number of thiazole rings is 1. The predicted octanol–water partition coefficient (Wildman–Crippen LogP) is 3.42. The Kier molecular flexibility index (Phi) is 4.07. The molecular weight excluding hydrogens is 338 g/mol. The summed E-state index contributed by atoms with van der Waals surface area (Å²) in [6.45, 7) is 2.21. The molecule has 1 aliphatic heterocycles. The Balaban J connectivity index is 1.49. The average molecular weight is 353 g/mol. The number of hydrogen-bond acceptors (Lipinski definition) is 6. The molecule has 126 valence electrons. The molecule has 0 saturated heterocycles. The lowest BCUT2D eigenvalue weighted by Gasteiger charge is -2.02. The summed E-state index contributed by atoms with van der Waals surface area (Å²) in [6.07, 6.45) is 2.31. The van der Waals surface area contributed by atoms with Crippen LogP contribution in [0.5, 0.6) is 11.5 Å². The molecule has 6 nitrogen and oxygen atoms in total. The number of aromatic nitrogens is 2. The minimum absolute atomic E-state index is 0.260. The summed E-state index contributed by atoms with van der Waals surface area (Å²) in [5.41, 5.74) is 2.38. The second kappa shape index (κ2) is 6.52. The van der Waals surface area contributed by atoms with Crippen LogP contribution in [-0.2, 0) is 6.42 Å². The van der Waals surface area contributed by atoms with Gasteiger partial charge >= 0.3 is 0 Å². The molecule has 3 aromatic rings. The van der Waals surface area contributed by atoms with E-state index in [0.29, 0.717) is 10.8 Å². The summed E-state index contributed by atoms with van der Waals surface area (Å²) in [5, 5.41) is 3.38. The molecule has 1 amide bonds. The quantitative estimate of drug-likeness (QED) is 0.778. The molecule has 0 bridgehead atoms. The topological polar surface area (TPSA) is 73.3 Å². The van der Waals surface area contributed by atoms with Gasteiger partial charge in [-0.3, -0.25) is 15.1 Å². The Bertz CT molecular complexity index is 925. The van der Waals surface area contributed by atoms with E-state index in [1.807, 2.05) is 25.1 Å². The number of anilines is 1. The molecule has 0 aliphatic carbocycles. The highest BCUT2D eigenvalue weighted by Crippen LogP contribution is 2.34. The Morgan fingerprint density at radius 1 is 1.24 bits per heavy atom. The van der Waals surface area contributed by atoms with Crippen LogP contribution >= 0.6 is 11.3 Å². The van der Waals surface area contributed by atoms with Crippen molar-refractivity contribution >= 4 is 22.4 Å². The molecule has 25 heavy (non-hydrogen) atoms. The minimum atomic E-state index is -0.260. The molecule has 3 heterocycles. The third-order valence-electron chi connectivity index (χ3n) is 3.81. The van der Waals surface area contributed by atoms with Crippen LogP contribution in [0, 0.1) is 6.92 Å². The Hall–Kier alpha value is -2.93. The van der Waals surface area contributed by atoms with Gasteiger partial charge in [0.1, 0.15) is 5.69 Å². The summed E-state index contributed by atoms with van der Waals surface area (Å²) < 4.78 is 10.7. The highest BCUT2D eigenvalue weighted by atomic mass is 32.1. The van der Waals surface area contributed by atoms with E-state index in [1.165, 1.54) is 11.3 Å². The summed E-state index contributed by atoms with van der Waals surface area (Å²) in [7, 11) is 0. The van der Waals surface area contributed by atoms with Crippen molar-refractivity contribution in [2.45, 2.75) is 13.3 Å². The molecule has 0 unspecified atom stereocenters. The highest BCUT2D eigenvalue weighted by Gasteiger charge is 2.16. The maximum Gasteiger partial charge on any atom is 0.276 e. The molecule has 7 heteroatoms. The van der Waals surface area contributed by atoms with Gasteiger partial charge in [-0.15, -0.1) is 11.3 Å². The van der Waals surface area contributed by atoms with Crippen LogP contribution in [0.1, 0.15) is 26.6 Å². The molecule has 0 spiro atoms. The first kappa shape index (κ1) is 15.6. The fourth-order valence-corrected chi connectivity index (χ4v) is 3.53. The number of fused-ring (bicyclic) bond motifs is 1. The number of amides is 1. The largest absolute Gasteiger partial charge is 0.454 e. The van der Waals surface area contributed by atoms with E-state index >= 15 is 0 Å². The first-order chi connectivity index (χ1) is 12.2. The van der Waals surface area contributed by atoms with E-state index < -0.39 is 0 Å². The number of hydrogen-bond donors (Lipinski definition) is 1. The van der Waals surface area contributed by atoms with Crippen LogP contribution < -0.4 is 14.8 Å². The highest BCUT2D eigenvalue weighted by molar-refractivity contribution is 7.15. The van der Waals surface area contributed by atoms with Crippen LogP contribution in [0.2, 0.25) is 0 Å². The normalized spacial score (nSPS) is 12.2. The second-order valence-corrected chi connectivity index (χ2v) is 6.64. The number of benzene rings is 1. The van der Waals surface area contributed by atoms with Gasteiger partial charge < -0.3 is 9.47 Å². The second-order valence-electron chi connectivity index (χ2n) is 5.56. The van der Waals surface area contributed by atoms with Crippen molar-refractivity contribution < 1.29 is 14.3 Å². The van der Waals surface area contributed by atoms with Crippen molar-refractivity contribution in [3.63, 3.8) is 0 Å². The number of carbonyl (C=O) groups excluding carboxylic acids is 1. The third kappa shape index (κ3) is 3.32. The predicted molar refractivity (Wildman–Crippen MR) is 94.4 cm³/mol. The number of aryl methyl sites for hydroxylation is 1. The first-order valence-corrected chi connectivity index (χ1v) is 8.58. The smallest absolute Gasteiger partial charge is 0.276 e. The standard InChI is InChI=1S/C18H15N3O3S/c1-11-16(9-12-5-6-14-15(8-12)24-10-23-14)25-18(20-11)21-17(22)13-4-2-3-7-19-13/h2-8H,9-10H2,1H3,(H,20,21,22). The Morgan fingerprint density at radius 3 is 2.96 bits per heavy atom. The van der Waals surface area contributed by atoms with Gasteiger partial charge in [0, 0.05) is 17.5 Å². The number of ether oxygens (including phenoxy) is 2. The summed E-state index contributed by atoms with van der Waals surface area (Å²) >= 11 is 1.47. The van der Waals surface area contributed by atoms with Crippen molar-refractivity contribution in [3.8, 4) is 11.5 Å². The van der Waals surface area contributed by atoms with E-state index in [4.69, 9.17) is 9.47 Å². The summed E-state index contributed by atoms with van der Waals surface area (Å²) in [6, 6.07) is 11.1. The minimum Gasteiger partial charge on any atom is -0.454 e. The fourth-order valence-electron chi connectivity index (χ4n) is 2.54. The van der Waals surface area contributed by atoms with Crippen molar-refractivity contribution in [2.75, 3.05) is 12.1 Å². The van der Waals surface area contributed by atoms with Gasteiger partial charge in [0.05, 0.1) is 5.69 Å². The molecule has 1 aliphatic rings. The average Bonchev–Trinajstić information content (AvgIpc) is 3.22. The van der Waals surface area contributed by atoms with E-state index in [0.717, 1.165) is 34.1 Å². The van der Waals surface area contributed by atoms with E-state index in [2.05, 4.69) is 15.3 Å². The van der Waals surface area contributed by atoms with Crippen LogP contribution in [0.3, 0.4) is 0 Å². The molecule has 0 fully saturated rings. The van der Waals surface area contributed by atoms with Crippen molar-refractivity contribution in [2.24, 2.45) is 0 Å². The number of nitrogens with one attached hydrogen (secondary N) is 1. The number of nitrogens with zero attached hydrogens (tertiary/aromatic N) is 2. The van der Waals surface area contributed by atoms with Crippen LogP contribution in [0.4, 0.5) is 5.13 Å². The van der Waals surface area contributed by atoms with Crippen LogP contribution in [0.25, 0.3) is 0 Å². The lowest BCUT2D eigenvalue weighted by Crippen LogP contribution is -2.13. The van der Waals surface area contributed by atoms with Gasteiger partial charge in [0.15, 0.2) is 16.6 Å². The molecule has 2 aromatic heterocycles. The van der Waals surface area contributed by atoms with Gasteiger partial charge in [-0.1, -0.05) is 12.1 Å². The van der Waals surface area contributed by atoms with Gasteiger partial charge in [0.25, 0.3) is 5.91 Å². The first-order valence-electron chi connectivity index (χ1n) is 7.76. The summed E-state index contributed by atoms with van der Waals surface area (Å²) in [4.78, 5) is 21.8. The molecule has 4 rings (SSSR count). The molecule has 0 radical (unpaired) electrons. The SMILES string of the molecule is Cc1nc(NC(=O)c2ccccn2)sc1Cc1ccc2c(c1)OCO2. The van der Waals surface area contributed by atoms with E-state index in [-0.39, 0.29) is 12.7 Å². The number of rotatable bonds is 4. The third-order valence-corrected chi connectivity index (χ3v) is 4.89. The van der Waals surface area contributed by atoms with Crippen LogP contribution in [-0.4, -0.2) is 22.7 Å². The van der Waals surface area contributed by atoms with Crippen LogP contribution in [0.15, 0.2) is 42.6 Å². The Labute approximate surface area is 148 Å².